The van der Waals surface area contributed by atoms with Gasteiger partial charge in [-0.05, 0) is 70.8 Å². The van der Waals surface area contributed by atoms with Crippen LogP contribution in [0.5, 0.6) is 0 Å². The van der Waals surface area contributed by atoms with E-state index in [-0.39, 0.29) is 17.5 Å². The van der Waals surface area contributed by atoms with Gasteiger partial charge in [-0.2, -0.15) is 0 Å². The predicted molar refractivity (Wildman–Crippen MR) is 83.7 cm³/mol. The summed E-state index contributed by atoms with van der Waals surface area (Å²) < 4.78 is 0. The van der Waals surface area contributed by atoms with Crippen LogP contribution in [0, 0.1) is 6.92 Å². The minimum atomic E-state index is -0.121. The van der Waals surface area contributed by atoms with Crippen molar-refractivity contribution in [2.24, 2.45) is 0 Å². The van der Waals surface area contributed by atoms with E-state index in [2.05, 4.69) is 24.1 Å². The Bertz CT molecular complexity index is 510. The van der Waals surface area contributed by atoms with Crippen molar-refractivity contribution in [1.29, 1.82) is 0 Å². The molecular formula is C16H25N3O. The third-order valence-corrected chi connectivity index (χ3v) is 4.32. The highest BCUT2D eigenvalue weighted by Crippen LogP contribution is 2.30. The molecule has 0 aromatic heterocycles. The Kier molecular flexibility index (Phi) is 4.04. The highest BCUT2D eigenvalue weighted by molar-refractivity contribution is 5.95. The van der Waals surface area contributed by atoms with Gasteiger partial charge in [-0.1, -0.05) is 0 Å². The van der Waals surface area contributed by atoms with Crippen LogP contribution >= 0.6 is 0 Å². The lowest BCUT2D eigenvalue weighted by molar-refractivity contribution is -0.122. The summed E-state index contributed by atoms with van der Waals surface area (Å²) >= 11 is 0. The van der Waals surface area contributed by atoms with Gasteiger partial charge in [-0.15, -0.1) is 0 Å². The van der Waals surface area contributed by atoms with Gasteiger partial charge in [-0.3, -0.25) is 9.69 Å². The van der Waals surface area contributed by atoms with E-state index in [1.54, 1.807) is 0 Å². The summed E-state index contributed by atoms with van der Waals surface area (Å²) in [4.78, 5) is 14.7. The maximum absolute atomic E-state index is 12.4. The number of nitrogens with two attached hydrogens (primary N) is 1. The number of benzene rings is 1. The zero-order valence-corrected chi connectivity index (χ0v) is 12.9. The van der Waals surface area contributed by atoms with Crippen LogP contribution in [0.4, 0.5) is 11.4 Å². The molecule has 0 bridgehead atoms. The van der Waals surface area contributed by atoms with Crippen LogP contribution in [-0.4, -0.2) is 28.9 Å². The minimum Gasteiger partial charge on any atom is -0.399 e. The van der Waals surface area contributed by atoms with Crippen molar-refractivity contribution in [2.75, 3.05) is 17.6 Å². The van der Waals surface area contributed by atoms with Crippen LogP contribution in [0.3, 0.4) is 0 Å². The standard InChI is InChI=1S/C16H25N3O/c1-11-10-13(17)6-7-14(11)18-15(20)12(2)19-9-5-8-16(19,3)4/h6-7,10,12H,5,8-9,17H2,1-4H3,(H,18,20). The van der Waals surface area contributed by atoms with Gasteiger partial charge in [0.15, 0.2) is 0 Å². The molecule has 20 heavy (non-hydrogen) atoms. The smallest absolute Gasteiger partial charge is 0.241 e. The predicted octanol–water partition coefficient (Wildman–Crippen LogP) is 2.78. The van der Waals surface area contributed by atoms with Gasteiger partial charge >= 0.3 is 0 Å². The number of carbonyl (C=O) groups is 1. The Hall–Kier alpha value is -1.55. The van der Waals surface area contributed by atoms with Crippen molar-refractivity contribution in [3.63, 3.8) is 0 Å². The normalized spacial score (nSPS) is 19.8. The topological polar surface area (TPSA) is 58.4 Å². The van der Waals surface area contributed by atoms with E-state index in [4.69, 9.17) is 5.73 Å². The first-order valence-corrected chi connectivity index (χ1v) is 7.25. The summed E-state index contributed by atoms with van der Waals surface area (Å²) in [6, 6.07) is 5.43. The Labute approximate surface area is 121 Å². The van der Waals surface area contributed by atoms with Crippen LogP contribution < -0.4 is 11.1 Å². The first-order valence-electron chi connectivity index (χ1n) is 7.25. The van der Waals surface area contributed by atoms with E-state index in [1.165, 1.54) is 0 Å². The summed E-state index contributed by atoms with van der Waals surface area (Å²) in [5.41, 5.74) is 8.39. The number of aryl methyl sites for hydroxylation is 1. The zero-order valence-electron chi connectivity index (χ0n) is 12.9. The number of anilines is 2. The summed E-state index contributed by atoms with van der Waals surface area (Å²) in [7, 11) is 0. The second kappa shape index (κ2) is 5.44. The summed E-state index contributed by atoms with van der Waals surface area (Å²) in [5, 5.41) is 3.02. The highest BCUT2D eigenvalue weighted by Gasteiger charge is 2.37. The SMILES string of the molecule is Cc1cc(N)ccc1NC(=O)C(C)N1CCCC1(C)C. The van der Waals surface area contributed by atoms with Gasteiger partial charge in [0.1, 0.15) is 0 Å². The van der Waals surface area contributed by atoms with Crippen molar-refractivity contribution in [3.05, 3.63) is 23.8 Å². The number of carbonyl (C=O) groups excluding carboxylic acids is 1. The molecule has 3 N–H and O–H groups in total. The van der Waals surface area contributed by atoms with E-state index in [1.807, 2.05) is 32.0 Å². The molecule has 0 spiro atoms. The molecule has 2 rings (SSSR count). The summed E-state index contributed by atoms with van der Waals surface area (Å²) in [5.74, 6) is 0.0489. The molecular weight excluding hydrogens is 250 g/mol. The molecule has 4 heteroatoms. The van der Waals surface area contributed by atoms with E-state index in [0.29, 0.717) is 5.69 Å². The highest BCUT2D eigenvalue weighted by atomic mass is 16.2. The van der Waals surface area contributed by atoms with Gasteiger partial charge < -0.3 is 11.1 Å². The Morgan fingerprint density at radius 1 is 1.45 bits per heavy atom. The third-order valence-electron chi connectivity index (χ3n) is 4.32. The van der Waals surface area contributed by atoms with E-state index < -0.39 is 0 Å². The van der Waals surface area contributed by atoms with Gasteiger partial charge in [-0.25, -0.2) is 0 Å². The number of nitrogen functional groups attached to an aromatic ring is 1. The zero-order chi connectivity index (χ0) is 14.9. The largest absolute Gasteiger partial charge is 0.399 e. The van der Waals surface area contributed by atoms with E-state index in [9.17, 15) is 4.79 Å². The molecule has 0 saturated carbocycles. The molecule has 0 aliphatic carbocycles. The number of hydrogen-bond donors (Lipinski definition) is 2. The lowest BCUT2D eigenvalue weighted by Crippen LogP contribution is -2.49. The van der Waals surface area contributed by atoms with Crippen LogP contribution in [-0.2, 0) is 4.79 Å². The number of nitrogens with zero attached hydrogens (tertiary/aromatic N) is 1. The average molecular weight is 275 g/mol. The summed E-state index contributed by atoms with van der Waals surface area (Å²) in [6.07, 6.45) is 2.30. The lowest BCUT2D eigenvalue weighted by atomic mass is 10.0. The second-order valence-electron chi connectivity index (χ2n) is 6.35. The monoisotopic (exact) mass is 275 g/mol. The number of likely N-dealkylation sites (tertiary alicyclic amines) is 1. The van der Waals surface area contributed by atoms with E-state index in [0.717, 1.165) is 30.6 Å². The van der Waals surface area contributed by atoms with Crippen molar-refractivity contribution in [3.8, 4) is 0 Å². The first-order chi connectivity index (χ1) is 9.31. The number of nitrogens with one attached hydrogen (secondary N) is 1. The molecule has 1 aromatic carbocycles. The van der Waals surface area contributed by atoms with E-state index >= 15 is 0 Å². The Balaban J connectivity index is 2.08. The molecule has 1 fully saturated rings. The molecule has 1 heterocycles. The quantitative estimate of drug-likeness (QED) is 0.834. The van der Waals surface area contributed by atoms with Crippen LogP contribution in [0.25, 0.3) is 0 Å². The number of amides is 1. The molecule has 1 aliphatic rings. The van der Waals surface area contributed by atoms with Gasteiger partial charge in [0.05, 0.1) is 6.04 Å². The molecule has 4 nitrogen and oxygen atoms in total. The van der Waals surface area contributed by atoms with Crippen molar-refractivity contribution < 1.29 is 4.79 Å². The molecule has 110 valence electrons. The molecule has 1 aromatic rings. The molecule has 1 atom stereocenters. The minimum absolute atomic E-state index is 0.0489. The molecule has 1 aliphatic heterocycles. The molecule has 0 radical (unpaired) electrons. The Morgan fingerprint density at radius 3 is 2.70 bits per heavy atom. The maximum atomic E-state index is 12.4. The first kappa shape index (κ1) is 14.9. The molecule has 1 unspecified atom stereocenters. The van der Waals surface area contributed by atoms with Gasteiger partial charge in [0, 0.05) is 16.9 Å². The second-order valence-corrected chi connectivity index (χ2v) is 6.35. The number of rotatable bonds is 3. The van der Waals surface area contributed by atoms with Gasteiger partial charge in [0.25, 0.3) is 0 Å². The van der Waals surface area contributed by atoms with Crippen molar-refractivity contribution >= 4 is 17.3 Å². The number of hydrogen-bond acceptors (Lipinski definition) is 3. The van der Waals surface area contributed by atoms with Crippen molar-refractivity contribution in [1.82, 2.24) is 4.90 Å². The maximum Gasteiger partial charge on any atom is 0.241 e. The van der Waals surface area contributed by atoms with Crippen LogP contribution in [0.1, 0.15) is 39.2 Å². The van der Waals surface area contributed by atoms with Crippen LogP contribution in [0.2, 0.25) is 0 Å². The van der Waals surface area contributed by atoms with Gasteiger partial charge in [0.2, 0.25) is 5.91 Å². The fourth-order valence-corrected chi connectivity index (χ4v) is 3.05. The molecule has 1 saturated heterocycles. The average Bonchev–Trinajstić information content (AvgIpc) is 2.71. The Morgan fingerprint density at radius 2 is 2.15 bits per heavy atom. The molecule has 1 amide bonds. The summed E-state index contributed by atoms with van der Waals surface area (Å²) in [6.45, 7) is 9.34. The lowest BCUT2D eigenvalue weighted by Gasteiger charge is -2.35. The third kappa shape index (κ3) is 2.96. The fourth-order valence-electron chi connectivity index (χ4n) is 3.05. The van der Waals surface area contributed by atoms with Crippen LogP contribution in [0.15, 0.2) is 18.2 Å². The van der Waals surface area contributed by atoms with Crippen molar-refractivity contribution in [2.45, 2.75) is 52.1 Å². The fraction of sp³-hybridized carbons (Fsp3) is 0.562.